The standard InChI is InChI=1S/C48H39N/c1-49-48(33-47(37-18-6-3-7-19-37)44-23-13-12-22-43(44)36-16-4-2-5-17-36)45-29-28-41(40-26-24-34-14-8-10-20-38(34)30-40)32-46(45)42-27-25-35-15-9-11-21-39(35)31-42/h3-4,6-33,47,49H,2,5H2,1H3/b48-33-. The molecule has 1 N–H and O–H groups in total. The number of rotatable bonds is 8. The van der Waals surface area contributed by atoms with E-state index in [9.17, 15) is 0 Å². The Labute approximate surface area is 289 Å². The molecule has 1 atom stereocenters. The Morgan fingerprint density at radius 1 is 0.551 bits per heavy atom. The van der Waals surface area contributed by atoms with Crippen molar-refractivity contribution in [3.8, 4) is 22.3 Å². The Hall–Kier alpha value is -5.92. The summed E-state index contributed by atoms with van der Waals surface area (Å²) in [6, 6.07) is 57.6. The van der Waals surface area contributed by atoms with Crippen molar-refractivity contribution in [1.29, 1.82) is 0 Å². The zero-order chi connectivity index (χ0) is 33.0. The van der Waals surface area contributed by atoms with Crippen molar-refractivity contribution in [2.75, 3.05) is 7.05 Å². The molecule has 0 fully saturated rings. The monoisotopic (exact) mass is 629 g/mol. The van der Waals surface area contributed by atoms with Gasteiger partial charge in [-0.1, -0.05) is 158 Å². The number of nitrogens with one attached hydrogen (secondary N) is 1. The highest BCUT2D eigenvalue weighted by Gasteiger charge is 2.20. The van der Waals surface area contributed by atoms with Crippen LogP contribution < -0.4 is 5.32 Å². The number of benzene rings is 7. The summed E-state index contributed by atoms with van der Waals surface area (Å²) >= 11 is 0. The maximum absolute atomic E-state index is 3.65. The van der Waals surface area contributed by atoms with Gasteiger partial charge in [-0.15, -0.1) is 0 Å². The molecule has 0 aliphatic heterocycles. The van der Waals surface area contributed by atoms with E-state index in [4.69, 9.17) is 0 Å². The predicted octanol–water partition coefficient (Wildman–Crippen LogP) is 12.5. The van der Waals surface area contributed by atoms with Crippen LogP contribution in [0.2, 0.25) is 0 Å². The van der Waals surface area contributed by atoms with Gasteiger partial charge in [0.15, 0.2) is 0 Å². The van der Waals surface area contributed by atoms with E-state index in [1.807, 2.05) is 7.05 Å². The molecule has 1 heteroatoms. The highest BCUT2D eigenvalue weighted by Crippen LogP contribution is 2.39. The van der Waals surface area contributed by atoms with E-state index in [1.54, 1.807) is 0 Å². The molecule has 0 aromatic heterocycles. The smallest absolute Gasteiger partial charge is 0.0386 e. The Balaban J connectivity index is 1.32. The van der Waals surface area contributed by atoms with Gasteiger partial charge in [0.05, 0.1) is 0 Å². The van der Waals surface area contributed by atoms with Gasteiger partial charge in [0.1, 0.15) is 0 Å². The summed E-state index contributed by atoms with van der Waals surface area (Å²) < 4.78 is 0. The first-order chi connectivity index (χ1) is 24.2. The zero-order valence-electron chi connectivity index (χ0n) is 27.8. The minimum Gasteiger partial charge on any atom is -0.388 e. The maximum atomic E-state index is 3.65. The minimum absolute atomic E-state index is 0.0423. The third kappa shape index (κ3) is 6.24. The van der Waals surface area contributed by atoms with Crippen LogP contribution >= 0.6 is 0 Å². The fourth-order valence-electron chi connectivity index (χ4n) is 7.27. The third-order valence-electron chi connectivity index (χ3n) is 9.82. The summed E-state index contributed by atoms with van der Waals surface area (Å²) in [5, 5.41) is 8.64. The molecule has 1 unspecified atom stereocenters. The molecule has 236 valence electrons. The Kier molecular flexibility index (Phi) is 8.48. The van der Waals surface area contributed by atoms with Gasteiger partial charge < -0.3 is 5.32 Å². The summed E-state index contributed by atoms with van der Waals surface area (Å²) in [5.41, 5.74) is 12.3. The van der Waals surface area contributed by atoms with Crippen LogP contribution in [0.5, 0.6) is 0 Å². The van der Waals surface area contributed by atoms with E-state index in [-0.39, 0.29) is 5.92 Å². The van der Waals surface area contributed by atoms with Crippen LogP contribution in [-0.4, -0.2) is 7.05 Å². The van der Waals surface area contributed by atoms with Crippen LogP contribution in [0.1, 0.15) is 41.0 Å². The first-order valence-corrected chi connectivity index (χ1v) is 17.3. The molecule has 0 radical (unpaired) electrons. The second kappa shape index (κ2) is 13.7. The van der Waals surface area contributed by atoms with E-state index in [0.29, 0.717) is 0 Å². The van der Waals surface area contributed by atoms with Crippen molar-refractivity contribution in [2.45, 2.75) is 18.8 Å². The molecule has 0 bridgehead atoms. The van der Waals surface area contributed by atoms with Gasteiger partial charge in [0.2, 0.25) is 0 Å². The SMILES string of the molecule is CN/C(=C\C(c1ccccc1)c1ccccc1C1=CCCC=C1)c1ccc(-c2ccc3ccccc3c2)cc1-c1ccc2ccccc2c1. The second-order valence-electron chi connectivity index (χ2n) is 12.8. The summed E-state index contributed by atoms with van der Waals surface area (Å²) in [6.07, 6.45) is 11.6. The fraction of sp³-hybridized carbons (Fsp3) is 0.0833. The van der Waals surface area contributed by atoms with Crippen LogP contribution in [0.4, 0.5) is 0 Å². The largest absolute Gasteiger partial charge is 0.388 e. The van der Waals surface area contributed by atoms with Crippen molar-refractivity contribution >= 4 is 32.8 Å². The van der Waals surface area contributed by atoms with Gasteiger partial charge in [-0.05, 0) is 103 Å². The van der Waals surface area contributed by atoms with Gasteiger partial charge in [0.25, 0.3) is 0 Å². The molecule has 1 aliphatic rings. The van der Waals surface area contributed by atoms with Crippen molar-refractivity contribution in [3.63, 3.8) is 0 Å². The number of allylic oxidation sites excluding steroid dienone is 5. The first kappa shape index (κ1) is 30.4. The highest BCUT2D eigenvalue weighted by atomic mass is 14.8. The molecule has 0 saturated carbocycles. The molecule has 1 aliphatic carbocycles. The summed E-state index contributed by atoms with van der Waals surface area (Å²) in [4.78, 5) is 0. The topological polar surface area (TPSA) is 12.0 Å². The van der Waals surface area contributed by atoms with Gasteiger partial charge in [0, 0.05) is 24.2 Å². The average Bonchev–Trinajstić information content (AvgIpc) is 3.18. The zero-order valence-corrected chi connectivity index (χ0v) is 27.8. The molecular weight excluding hydrogens is 591 g/mol. The Bertz CT molecular complexity index is 2370. The van der Waals surface area contributed by atoms with Crippen molar-refractivity contribution < 1.29 is 0 Å². The maximum Gasteiger partial charge on any atom is 0.0386 e. The summed E-state index contributed by atoms with van der Waals surface area (Å²) in [6.45, 7) is 0. The molecule has 0 amide bonds. The Morgan fingerprint density at radius 2 is 1.16 bits per heavy atom. The van der Waals surface area contributed by atoms with Crippen LogP contribution in [0.15, 0.2) is 182 Å². The summed E-state index contributed by atoms with van der Waals surface area (Å²) in [7, 11) is 2.05. The number of fused-ring (bicyclic) bond motifs is 2. The van der Waals surface area contributed by atoms with Gasteiger partial charge in [-0.3, -0.25) is 0 Å². The van der Waals surface area contributed by atoms with Crippen molar-refractivity contribution in [3.05, 3.63) is 204 Å². The quantitative estimate of drug-likeness (QED) is 0.176. The minimum atomic E-state index is 0.0423. The van der Waals surface area contributed by atoms with Crippen LogP contribution in [0.3, 0.4) is 0 Å². The van der Waals surface area contributed by atoms with Crippen LogP contribution in [-0.2, 0) is 0 Å². The number of hydrogen-bond donors (Lipinski definition) is 1. The van der Waals surface area contributed by atoms with Crippen LogP contribution in [0, 0.1) is 0 Å². The molecule has 0 saturated heterocycles. The van der Waals surface area contributed by atoms with E-state index < -0.39 is 0 Å². The highest BCUT2D eigenvalue weighted by molar-refractivity contribution is 5.93. The second-order valence-corrected chi connectivity index (χ2v) is 12.8. The van der Waals surface area contributed by atoms with Crippen LogP contribution in [0.25, 0.3) is 55.1 Å². The average molecular weight is 630 g/mol. The normalized spacial score (nSPS) is 13.7. The molecule has 7 aromatic rings. The molecule has 0 spiro atoms. The molecule has 0 heterocycles. The summed E-state index contributed by atoms with van der Waals surface area (Å²) in [5.74, 6) is 0.0423. The fourth-order valence-corrected chi connectivity index (χ4v) is 7.27. The lowest BCUT2D eigenvalue weighted by molar-refractivity contribution is 0.994. The Morgan fingerprint density at radius 3 is 1.88 bits per heavy atom. The van der Waals surface area contributed by atoms with E-state index in [1.165, 1.54) is 71.6 Å². The van der Waals surface area contributed by atoms with Gasteiger partial charge in [-0.2, -0.15) is 0 Å². The molecule has 7 aromatic carbocycles. The molecule has 8 rings (SSSR count). The van der Waals surface area contributed by atoms with E-state index >= 15 is 0 Å². The van der Waals surface area contributed by atoms with Crippen molar-refractivity contribution in [1.82, 2.24) is 5.32 Å². The lowest BCUT2D eigenvalue weighted by Crippen LogP contribution is -2.10. The lowest BCUT2D eigenvalue weighted by atomic mass is 9.83. The predicted molar refractivity (Wildman–Crippen MR) is 210 cm³/mol. The van der Waals surface area contributed by atoms with E-state index in [2.05, 4.69) is 187 Å². The first-order valence-electron chi connectivity index (χ1n) is 17.3. The molecule has 49 heavy (non-hydrogen) atoms. The van der Waals surface area contributed by atoms with Gasteiger partial charge in [-0.25, -0.2) is 0 Å². The molecular formula is C48H39N. The third-order valence-corrected chi connectivity index (χ3v) is 9.82. The molecule has 1 nitrogen and oxygen atoms in total. The lowest BCUT2D eigenvalue weighted by Gasteiger charge is -2.23. The van der Waals surface area contributed by atoms with E-state index in [0.717, 1.165) is 18.5 Å². The number of hydrogen-bond acceptors (Lipinski definition) is 1. The van der Waals surface area contributed by atoms with Crippen molar-refractivity contribution in [2.24, 2.45) is 0 Å². The van der Waals surface area contributed by atoms with Gasteiger partial charge >= 0.3 is 0 Å².